The summed E-state index contributed by atoms with van der Waals surface area (Å²) in [4.78, 5) is 27.5. The molecule has 0 bridgehead atoms. The van der Waals surface area contributed by atoms with Gasteiger partial charge in [0.2, 0.25) is 11.8 Å². The van der Waals surface area contributed by atoms with Gasteiger partial charge in [0, 0.05) is 31.1 Å². The molecule has 0 saturated heterocycles. The smallest absolute Gasteiger partial charge is 0.247 e. The quantitative estimate of drug-likeness (QED) is 0.432. The number of carbonyl (C=O) groups excluding carboxylic acids is 2. The minimum atomic E-state index is -1.14. The predicted octanol–water partition coefficient (Wildman–Crippen LogP) is 1.17. The standard InChI is InChI=1S/C27H32N2O7/c1-15-4-6-17(7-5-15)13-29(16(2)32)21-12-20(27(34)28-8-9-30)23-19-10-18(14-31)11-22(35-3)25(19)36-26(23)24(21)33/h4-7,10-12,21,23-24,26,30-31,33H,8-9,13-14H2,1-3H3,(H,28,34). The summed E-state index contributed by atoms with van der Waals surface area (Å²) in [7, 11) is 1.48. The lowest BCUT2D eigenvalue weighted by molar-refractivity contribution is -0.135. The van der Waals surface area contributed by atoms with Gasteiger partial charge in [-0.3, -0.25) is 9.59 Å². The highest BCUT2D eigenvalue weighted by Gasteiger charge is 2.51. The van der Waals surface area contributed by atoms with Crippen LogP contribution in [0.2, 0.25) is 0 Å². The Morgan fingerprint density at radius 3 is 2.47 bits per heavy atom. The van der Waals surface area contributed by atoms with Gasteiger partial charge in [0.25, 0.3) is 0 Å². The number of hydrogen-bond donors (Lipinski definition) is 4. The number of aliphatic hydroxyl groups excluding tert-OH is 3. The zero-order chi connectivity index (χ0) is 26.0. The minimum absolute atomic E-state index is 0.0499. The molecular weight excluding hydrogens is 464 g/mol. The molecule has 192 valence electrons. The van der Waals surface area contributed by atoms with Crippen LogP contribution in [0.5, 0.6) is 11.5 Å². The van der Waals surface area contributed by atoms with Gasteiger partial charge in [0.1, 0.15) is 12.2 Å². The van der Waals surface area contributed by atoms with E-state index in [0.29, 0.717) is 28.2 Å². The largest absolute Gasteiger partial charge is 0.493 e. The van der Waals surface area contributed by atoms with E-state index in [9.17, 15) is 24.9 Å². The second kappa shape index (κ2) is 10.7. The van der Waals surface area contributed by atoms with E-state index >= 15 is 0 Å². The number of amides is 2. The maximum Gasteiger partial charge on any atom is 0.247 e. The maximum atomic E-state index is 13.2. The maximum absolute atomic E-state index is 13.2. The Balaban J connectivity index is 1.79. The summed E-state index contributed by atoms with van der Waals surface area (Å²) >= 11 is 0. The number of aryl methyl sites for hydroxylation is 1. The van der Waals surface area contributed by atoms with E-state index in [1.165, 1.54) is 18.9 Å². The summed E-state index contributed by atoms with van der Waals surface area (Å²) < 4.78 is 11.7. The molecule has 4 atom stereocenters. The van der Waals surface area contributed by atoms with E-state index < -0.39 is 30.1 Å². The molecule has 1 aliphatic heterocycles. The number of rotatable bonds is 8. The molecule has 36 heavy (non-hydrogen) atoms. The van der Waals surface area contributed by atoms with Crippen molar-refractivity contribution < 1.29 is 34.4 Å². The van der Waals surface area contributed by atoms with Gasteiger partial charge in [-0.25, -0.2) is 0 Å². The number of methoxy groups -OCH3 is 1. The van der Waals surface area contributed by atoms with Crippen molar-refractivity contribution >= 4 is 11.8 Å². The number of carbonyl (C=O) groups is 2. The van der Waals surface area contributed by atoms with Gasteiger partial charge in [0.15, 0.2) is 11.5 Å². The molecule has 9 heteroatoms. The average Bonchev–Trinajstić information content (AvgIpc) is 3.26. The SMILES string of the molecule is COc1cc(CO)cc2c1OC1C2C(C(=O)NCCO)=CC(N(Cc2ccc(C)cc2)C(C)=O)C1O. The first-order valence-corrected chi connectivity index (χ1v) is 11.9. The molecule has 1 heterocycles. The Hall–Kier alpha value is -3.40. The van der Waals surface area contributed by atoms with Crippen molar-refractivity contribution in [2.45, 2.75) is 51.2 Å². The molecule has 2 aromatic rings. The fourth-order valence-corrected chi connectivity index (χ4v) is 4.94. The highest BCUT2D eigenvalue weighted by molar-refractivity contribution is 5.96. The van der Waals surface area contributed by atoms with Crippen molar-refractivity contribution in [1.29, 1.82) is 0 Å². The van der Waals surface area contributed by atoms with Crippen LogP contribution in [-0.4, -0.2) is 70.5 Å². The Kier molecular flexibility index (Phi) is 7.63. The summed E-state index contributed by atoms with van der Waals surface area (Å²) in [6, 6.07) is 10.3. The third-order valence-electron chi connectivity index (χ3n) is 6.73. The number of fused-ring (bicyclic) bond motifs is 3. The van der Waals surface area contributed by atoms with E-state index in [-0.39, 0.29) is 32.2 Å². The molecule has 4 N–H and O–H groups in total. The summed E-state index contributed by atoms with van der Waals surface area (Å²) in [6.45, 7) is 3.21. The van der Waals surface area contributed by atoms with Crippen LogP contribution in [0.4, 0.5) is 0 Å². The number of nitrogens with zero attached hydrogens (tertiary/aromatic N) is 1. The monoisotopic (exact) mass is 496 g/mol. The third kappa shape index (κ3) is 4.82. The molecule has 0 spiro atoms. The summed E-state index contributed by atoms with van der Waals surface area (Å²) in [5, 5.41) is 33.2. The lowest BCUT2D eigenvalue weighted by atomic mass is 9.77. The first-order chi connectivity index (χ1) is 17.3. The Bertz CT molecular complexity index is 1160. The van der Waals surface area contributed by atoms with Gasteiger partial charge in [0.05, 0.1) is 32.3 Å². The van der Waals surface area contributed by atoms with Gasteiger partial charge in [-0.05, 0) is 36.3 Å². The normalized spacial score (nSPS) is 22.1. The molecule has 0 fully saturated rings. The number of ether oxygens (including phenoxy) is 2. The lowest BCUT2D eigenvalue weighted by Gasteiger charge is -2.40. The summed E-state index contributed by atoms with van der Waals surface area (Å²) in [5.41, 5.74) is 3.47. The lowest BCUT2D eigenvalue weighted by Crippen LogP contribution is -2.55. The number of hydrogen-bond acceptors (Lipinski definition) is 7. The van der Waals surface area contributed by atoms with Crippen molar-refractivity contribution in [1.82, 2.24) is 10.2 Å². The van der Waals surface area contributed by atoms with Crippen LogP contribution >= 0.6 is 0 Å². The van der Waals surface area contributed by atoms with Gasteiger partial charge in [-0.2, -0.15) is 0 Å². The predicted molar refractivity (Wildman–Crippen MR) is 131 cm³/mol. The molecule has 2 aromatic carbocycles. The van der Waals surface area contributed by atoms with E-state index in [1.54, 1.807) is 18.2 Å². The van der Waals surface area contributed by atoms with Crippen molar-refractivity contribution in [2.24, 2.45) is 0 Å². The van der Waals surface area contributed by atoms with Crippen molar-refractivity contribution in [2.75, 3.05) is 20.3 Å². The fraction of sp³-hybridized carbons (Fsp3) is 0.407. The van der Waals surface area contributed by atoms with Crippen LogP contribution in [0.1, 0.15) is 35.1 Å². The Morgan fingerprint density at radius 2 is 1.86 bits per heavy atom. The summed E-state index contributed by atoms with van der Waals surface area (Å²) in [6.07, 6.45) is -0.397. The zero-order valence-corrected chi connectivity index (χ0v) is 20.6. The van der Waals surface area contributed by atoms with Crippen LogP contribution in [0.15, 0.2) is 48.0 Å². The molecule has 2 aliphatic rings. The van der Waals surface area contributed by atoms with Crippen molar-refractivity contribution in [3.63, 3.8) is 0 Å². The van der Waals surface area contributed by atoms with Gasteiger partial charge in [-0.1, -0.05) is 29.8 Å². The van der Waals surface area contributed by atoms with Crippen molar-refractivity contribution in [3.05, 3.63) is 70.3 Å². The second-order valence-electron chi connectivity index (χ2n) is 9.15. The van der Waals surface area contributed by atoms with Crippen LogP contribution in [0, 0.1) is 6.92 Å². The highest BCUT2D eigenvalue weighted by atomic mass is 16.5. The number of aliphatic hydroxyl groups is 3. The Morgan fingerprint density at radius 1 is 1.14 bits per heavy atom. The first kappa shape index (κ1) is 25.7. The molecule has 9 nitrogen and oxygen atoms in total. The van der Waals surface area contributed by atoms with E-state index in [4.69, 9.17) is 9.47 Å². The minimum Gasteiger partial charge on any atom is -0.493 e. The fourth-order valence-electron chi connectivity index (χ4n) is 4.94. The topological polar surface area (TPSA) is 129 Å². The molecule has 4 rings (SSSR count). The molecule has 2 amide bonds. The van der Waals surface area contributed by atoms with Gasteiger partial charge < -0.3 is 35.0 Å². The molecular formula is C27H32N2O7. The van der Waals surface area contributed by atoms with Crippen molar-refractivity contribution in [3.8, 4) is 11.5 Å². The third-order valence-corrected chi connectivity index (χ3v) is 6.73. The summed E-state index contributed by atoms with van der Waals surface area (Å²) in [5.74, 6) is -0.579. The highest BCUT2D eigenvalue weighted by Crippen LogP contribution is 2.51. The molecule has 4 unspecified atom stereocenters. The molecule has 0 aromatic heterocycles. The van der Waals surface area contributed by atoms with E-state index in [1.807, 2.05) is 31.2 Å². The molecule has 1 aliphatic carbocycles. The average molecular weight is 497 g/mol. The van der Waals surface area contributed by atoms with Gasteiger partial charge in [-0.15, -0.1) is 0 Å². The van der Waals surface area contributed by atoms with Crippen LogP contribution in [0.25, 0.3) is 0 Å². The second-order valence-corrected chi connectivity index (χ2v) is 9.15. The molecule has 0 saturated carbocycles. The number of nitrogens with one attached hydrogen (secondary N) is 1. The molecule has 0 radical (unpaired) electrons. The van der Waals surface area contributed by atoms with Gasteiger partial charge >= 0.3 is 0 Å². The first-order valence-electron chi connectivity index (χ1n) is 11.9. The number of benzene rings is 2. The Labute approximate surface area is 210 Å². The van der Waals surface area contributed by atoms with E-state index in [2.05, 4.69) is 5.32 Å². The van der Waals surface area contributed by atoms with Crippen LogP contribution < -0.4 is 14.8 Å². The van der Waals surface area contributed by atoms with Crippen LogP contribution in [-0.2, 0) is 22.7 Å². The van der Waals surface area contributed by atoms with E-state index in [0.717, 1.165) is 11.1 Å². The van der Waals surface area contributed by atoms with Crippen LogP contribution in [0.3, 0.4) is 0 Å². The zero-order valence-electron chi connectivity index (χ0n) is 20.6.